The molecule has 1 fully saturated rings. The number of nitrogens with one attached hydrogen (secondary N) is 4. The van der Waals surface area contributed by atoms with Gasteiger partial charge in [0.2, 0.25) is 6.29 Å². The topological polar surface area (TPSA) is 195 Å². The Balaban J connectivity index is 1.60. The van der Waals surface area contributed by atoms with Gasteiger partial charge in [-0.05, 0) is 67.3 Å². The number of anilines is 1. The molecule has 1 aliphatic rings. The monoisotopic (exact) mass is 657 g/mol. The van der Waals surface area contributed by atoms with Gasteiger partial charge >= 0.3 is 18.0 Å². The highest BCUT2D eigenvalue weighted by Crippen LogP contribution is 2.34. The quantitative estimate of drug-likeness (QED) is 0.0929. The molecule has 0 saturated heterocycles. The van der Waals surface area contributed by atoms with Crippen molar-refractivity contribution in [3.8, 4) is 16.9 Å². The minimum absolute atomic E-state index is 0.0211. The van der Waals surface area contributed by atoms with E-state index in [1.807, 2.05) is 0 Å². The van der Waals surface area contributed by atoms with Gasteiger partial charge < -0.3 is 29.6 Å². The van der Waals surface area contributed by atoms with Crippen molar-refractivity contribution in [2.75, 3.05) is 26.1 Å². The summed E-state index contributed by atoms with van der Waals surface area (Å²) in [5, 5.41) is 16.0. The number of hydrogen-bond donors (Lipinski definition) is 4. The van der Waals surface area contributed by atoms with Crippen LogP contribution >= 0.6 is 0 Å². The summed E-state index contributed by atoms with van der Waals surface area (Å²) >= 11 is 0. The van der Waals surface area contributed by atoms with Crippen molar-refractivity contribution in [2.24, 2.45) is 5.92 Å². The van der Waals surface area contributed by atoms with Crippen LogP contribution in [0.5, 0.6) is 5.75 Å². The molecule has 3 aromatic rings. The van der Waals surface area contributed by atoms with Gasteiger partial charge in [0, 0.05) is 53.9 Å². The smallest absolute Gasteiger partial charge is 0.415 e. The first-order valence-corrected chi connectivity index (χ1v) is 14.8. The zero-order chi connectivity index (χ0) is 35.0. The third-order valence-corrected chi connectivity index (χ3v) is 7.14. The molecule has 250 valence electrons. The minimum atomic E-state index is -1.15. The van der Waals surface area contributed by atoms with Crippen LogP contribution in [0.4, 0.5) is 10.5 Å². The van der Waals surface area contributed by atoms with Gasteiger partial charge in [-0.15, -0.1) is 0 Å². The number of methoxy groups -OCH3 is 2. The maximum absolute atomic E-state index is 13.8. The molecule has 1 saturated carbocycles. The number of alkyl carbamates (subject to hydrolysis) is 1. The van der Waals surface area contributed by atoms with Gasteiger partial charge in [-0.25, -0.2) is 14.6 Å². The second-order valence-electron chi connectivity index (χ2n) is 10.7. The van der Waals surface area contributed by atoms with E-state index in [-0.39, 0.29) is 33.9 Å². The normalized spacial score (nSPS) is 12.5. The van der Waals surface area contributed by atoms with Crippen LogP contribution in [-0.2, 0) is 19.0 Å². The fourth-order valence-corrected chi connectivity index (χ4v) is 4.58. The van der Waals surface area contributed by atoms with Crippen molar-refractivity contribution in [3.05, 3.63) is 83.2 Å². The predicted octanol–water partition coefficient (Wildman–Crippen LogP) is 4.54. The maximum Gasteiger partial charge on any atom is 0.415 e. The van der Waals surface area contributed by atoms with E-state index < -0.39 is 36.1 Å². The lowest BCUT2D eigenvalue weighted by atomic mass is 9.94. The van der Waals surface area contributed by atoms with Crippen molar-refractivity contribution >= 4 is 47.4 Å². The number of aromatic nitrogens is 1. The molecular formula is C34H35N5O9. The fourth-order valence-electron chi connectivity index (χ4n) is 4.58. The Labute approximate surface area is 276 Å². The summed E-state index contributed by atoms with van der Waals surface area (Å²) < 4.78 is 20.1. The molecule has 2 aromatic carbocycles. The van der Waals surface area contributed by atoms with Crippen LogP contribution in [0.1, 0.15) is 69.2 Å². The summed E-state index contributed by atoms with van der Waals surface area (Å²) in [4.78, 5) is 66.8. The molecule has 3 amide bonds. The predicted molar refractivity (Wildman–Crippen MR) is 175 cm³/mol. The molecule has 0 spiro atoms. The molecule has 0 bridgehead atoms. The third-order valence-electron chi connectivity index (χ3n) is 7.14. The van der Waals surface area contributed by atoms with E-state index in [1.165, 1.54) is 70.5 Å². The molecule has 1 aromatic heterocycles. The molecule has 4 N–H and O–H groups in total. The van der Waals surface area contributed by atoms with Gasteiger partial charge in [0.1, 0.15) is 17.3 Å². The van der Waals surface area contributed by atoms with E-state index in [0.717, 1.165) is 12.8 Å². The largest absolute Gasteiger partial charge is 0.496 e. The van der Waals surface area contributed by atoms with Crippen molar-refractivity contribution < 1.29 is 42.9 Å². The zero-order valence-corrected chi connectivity index (χ0v) is 26.8. The Hall–Kier alpha value is -6.05. The van der Waals surface area contributed by atoms with Crippen molar-refractivity contribution in [2.45, 2.75) is 33.0 Å². The number of amidine groups is 1. The number of carbonyl (C=O) groups excluding carboxylic acids is 5. The molecule has 4 rings (SSSR count). The van der Waals surface area contributed by atoms with E-state index in [9.17, 15) is 24.0 Å². The van der Waals surface area contributed by atoms with Crippen LogP contribution in [0, 0.1) is 11.3 Å². The molecule has 0 aliphatic heterocycles. The molecule has 1 atom stereocenters. The van der Waals surface area contributed by atoms with E-state index in [2.05, 4.69) is 27.5 Å². The molecule has 48 heavy (non-hydrogen) atoms. The lowest BCUT2D eigenvalue weighted by Gasteiger charge is -2.17. The second-order valence-corrected chi connectivity index (χ2v) is 10.7. The first-order valence-electron chi connectivity index (χ1n) is 14.8. The van der Waals surface area contributed by atoms with Gasteiger partial charge in [-0.1, -0.05) is 12.7 Å². The summed E-state index contributed by atoms with van der Waals surface area (Å²) in [7, 11) is 2.64. The van der Waals surface area contributed by atoms with Crippen LogP contribution in [-0.4, -0.2) is 67.7 Å². The number of amides is 3. The van der Waals surface area contributed by atoms with Gasteiger partial charge in [0.25, 0.3) is 11.8 Å². The summed E-state index contributed by atoms with van der Waals surface area (Å²) in [6.07, 6.45) is 1.47. The Morgan fingerprint density at radius 2 is 1.71 bits per heavy atom. The number of ether oxygens (including phenoxy) is 4. The summed E-state index contributed by atoms with van der Waals surface area (Å²) in [6.45, 7) is 6.84. The Morgan fingerprint density at radius 3 is 2.31 bits per heavy atom. The Morgan fingerprint density at radius 1 is 1.00 bits per heavy atom. The average Bonchev–Trinajstić information content (AvgIpc) is 3.90. The van der Waals surface area contributed by atoms with Crippen LogP contribution < -0.4 is 20.7 Å². The van der Waals surface area contributed by atoms with Gasteiger partial charge in [0.05, 0.1) is 14.2 Å². The zero-order valence-electron chi connectivity index (χ0n) is 26.8. The van der Waals surface area contributed by atoms with Crippen molar-refractivity contribution in [1.82, 2.24) is 15.6 Å². The molecule has 14 heteroatoms. The molecule has 14 nitrogen and oxygen atoms in total. The van der Waals surface area contributed by atoms with Gasteiger partial charge in [0.15, 0.2) is 5.69 Å². The van der Waals surface area contributed by atoms with E-state index in [4.69, 9.17) is 24.4 Å². The van der Waals surface area contributed by atoms with Gasteiger partial charge in [-0.2, -0.15) is 0 Å². The molecule has 1 unspecified atom stereocenters. The number of esters is 2. The van der Waals surface area contributed by atoms with E-state index in [1.54, 1.807) is 12.1 Å². The molecular weight excluding hydrogens is 622 g/mol. The van der Waals surface area contributed by atoms with Crippen LogP contribution in [0.15, 0.2) is 55.1 Å². The van der Waals surface area contributed by atoms with Crippen LogP contribution in [0.25, 0.3) is 17.2 Å². The lowest BCUT2D eigenvalue weighted by Crippen LogP contribution is -2.34. The number of hydrogen-bond acceptors (Lipinski definition) is 11. The Kier molecular flexibility index (Phi) is 11.2. The SMILES string of the molecule is C=Cc1cc(C(=O)Nc2ccc(C(=N)NC(=O)OC(C)OC(C)=O)cc2)c(-c2ccc(C(=O)NCC3CC3)nc2C(=O)OC)cc1OC. The summed E-state index contributed by atoms with van der Waals surface area (Å²) in [5.74, 6) is -1.93. The highest BCUT2D eigenvalue weighted by Gasteiger charge is 2.26. The maximum atomic E-state index is 13.8. The number of rotatable bonds is 12. The number of nitrogens with zero attached hydrogens (tertiary/aromatic N) is 1. The van der Waals surface area contributed by atoms with Crippen molar-refractivity contribution in [3.63, 3.8) is 0 Å². The van der Waals surface area contributed by atoms with Crippen molar-refractivity contribution in [1.29, 1.82) is 5.41 Å². The highest BCUT2D eigenvalue weighted by atomic mass is 16.7. The van der Waals surface area contributed by atoms with E-state index >= 15 is 0 Å². The second kappa shape index (κ2) is 15.5. The summed E-state index contributed by atoms with van der Waals surface area (Å²) in [5.41, 5.74) is 1.62. The lowest BCUT2D eigenvalue weighted by molar-refractivity contribution is -0.161. The summed E-state index contributed by atoms with van der Waals surface area (Å²) in [6, 6.07) is 12.1. The average molecular weight is 658 g/mol. The van der Waals surface area contributed by atoms with Crippen LogP contribution in [0.3, 0.4) is 0 Å². The standard InChI is InChI=1S/C34H35N5O9/c1-6-21-15-26(31(41)37-23-11-9-22(10-12-23)30(35)39-34(44)48-19(3)47-18(2)40)25(16-28(21)45-4)24-13-14-27(38-29(24)33(43)46-5)32(42)36-17-20-7-8-20/h6,9-16,19-20H,1,7-8,17H2,2-5H3,(H,36,42)(H,37,41)(H2,35,39,44). The first-order chi connectivity index (χ1) is 22.9. The molecule has 1 heterocycles. The number of pyridine rings is 1. The van der Waals surface area contributed by atoms with E-state index in [0.29, 0.717) is 35.0 Å². The highest BCUT2D eigenvalue weighted by molar-refractivity contribution is 6.11. The van der Waals surface area contributed by atoms with Crippen LogP contribution in [0.2, 0.25) is 0 Å². The molecule has 1 aliphatic carbocycles. The number of benzene rings is 2. The first kappa shape index (κ1) is 34.8. The third kappa shape index (κ3) is 8.81. The Bertz CT molecular complexity index is 1770. The molecule has 0 radical (unpaired) electrons. The minimum Gasteiger partial charge on any atom is -0.496 e. The van der Waals surface area contributed by atoms with Gasteiger partial charge in [-0.3, -0.25) is 25.1 Å². The number of carbonyl (C=O) groups is 5. The fraction of sp³-hybridized carbons (Fsp3) is 0.265.